The van der Waals surface area contributed by atoms with E-state index in [0.29, 0.717) is 5.46 Å². The molecular formula is C7H11BN2O. The van der Waals surface area contributed by atoms with Crippen LogP contribution in [0.25, 0.3) is 0 Å². The second-order valence-corrected chi connectivity index (χ2v) is 2.35. The first kappa shape index (κ1) is 8.33. The Bertz CT molecular complexity index is 165. The molecule has 1 aromatic rings. The Kier molecular flexibility index (Phi) is 3.76. The predicted molar refractivity (Wildman–Crippen MR) is 44.0 cm³/mol. The molecule has 1 saturated heterocycles. The number of nitrogens with zero attached hydrogens (tertiary/aromatic N) is 1. The highest BCUT2D eigenvalue weighted by atomic mass is 16.5. The van der Waals surface area contributed by atoms with Crippen molar-refractivity contribution in [2.75, 3.05) is 13.2 Å². The Morgan fingerprint density at radius 1 is 1.45 bits per heavy atom. The zero-order valence-corrected chi connectivity index (χ0v) is 6.42. The lowest BCUT2D eigenvalue weighted by molar-refractivity contribution is 0.198. The molecular weight excluding hydrogens is 139 g/mol. The van der Waals surface area contributed by atoms with E-state index in [9.17, 15) is 0 Å². The Balaban J connectivity index is 0.000000112. The summed E-state index contributed by atoms with van der Waals surface area (Å²) in [7, 11) is 5.18. The molecule has 1 aliphatic heterocycles. The second-order valence-electron chi connectivity index (χ2n) is 2.35. The fourth-order valence-electron chi connectivity index (χ4n) is 0.771. The van der Waals surface area contributed by atoms with Gasteiger partial charge in [0, 0.05) is 25.6 Å². The van der Waals surface area contributed by atoms with E-state index >= 15 is 0 Å². The van der Waals surface area contributed by atoms with Crippen LogP contribution in [0, 0.1) is 0 Å². The SMILES string of the molecule is C1CCOC1.[B]c1cn[nH]c1. The average Bonchev–Trinajstić information content (AvgIpc) is 2.57. The summed E-state index contributed by atoms with van der Waals surface area (Å²) in [6.07, 6.45) is 5.74. The van der Waals surface area contributed by atoms with E-state index < -0.39 is 0 Å². The average molecular weight is 150 g/mol. The van der Waals surface area contributed by atoms with Crippen molar-refractivity contribution in [3.05, 3.63) is 12.4 Å². The first-order chi connectivity index (χ1) is 5.39. The van der Waals surface area contributed by atoms with Crippen molar-refractivity contribution in [3.8, 4) is 0 Å². The van der Waals surface area contributed by atoms with Crippen molar-refractivity contribution >= 4 is 13.3 Å². The van der Waals surface area contributed by atoms with E-state index in [4.69, 9.17) is 12.6 Å². The van der Waals surface area contributed by atoms with Gasteiger partial charge in [0.2, 0.25) is 0 Å². The van der Waals surface area contributed by atoms with Gasteiger partial charge in [-0.1, -0.05) is 5.46 Å². The molecule has 2 heterocycles. The zero-order valence-electron chi connectivity index (χ0n) is 6.42. The van der Waals surface area contributed by atoms with Crippen LogP contribution in [-0.4, -0.2) is 31.3 Å². The molecule has 0 aromatic carbocycles. The van der Waals surface area contributed by atoms with E-state index in [2.05, 4.69) is 10.2 Å². The van der Waals surface area contributed by atoms with Gasteiger partial charge in [-0.3, -0.25) is 5.10 Å². The fourth-order valence-corrected chi connectivity index (χ4v) is 0.771. The Hall–Kier alpha value is -0.765. The number of aromatic amines is 1. The van der Waals surface area contributed by atoms with E-state index in [1.165, 1.54) is 12.8 Å². The van der Waals surface area contributed by atoms with E-state index in [1.807, 2.05) is 0 Å². The van der Waals surface area contributed by atoms with Crippen LogP contribution >= 0.6 is 0 Å². The quantitative estimate of drug-likeness (QED) is 0.528. The van der Waals surface area contributed by atoms with Crippen molar-refractivity contribution < 1.29 is 4.74 Å². The summed E-state index contributed by atoms with van der Waals surface area (Å²) in [5.41, 5.74) is 0.676. The molecule has 11 heavy (non-hydrogen) atoms. The largest absolute Gasteiger partial charge is 0.381 e. The Labute approximate surface area is 67.6 Å². The number of hydrogen-bond acceptors (Lipinski definition) is 2. The van der Waals surface area contributed by atoms with Crippen molar-refractivity contribution in [1.82, 2.24) is 10.2 Å². The molecule has 0 saturated carbocycles. The summed E-state index contributed by atoms with van der Waals surface area (Å²) in [4.78, 5) is 0. The van der Waals surface area contributed by atoms with Gasteiger partial charge < -0.3 is 4.74 Å². The summed E-state index contributed by atoms with van der Waals surface area (Å²) in [6, 6.07) is 0. The fraction of sp³-hybridized carbons (Fsp3) is 0.571. The van der Waals surface area contributed by atoms with Crippen molar-refractivity contribution in [2.24, 2.45) is 0 Å². The van der Waals surface area contributed by atoms with Gasteiger partial charge in [0.15, 0.2) is 0 Å². The van der Waals surface area contributed by atoms with Crippen LogP contribution in [0.2, 0.25) is 0 Å². The van der Waals surface area contributed by atoms with Crippen LogP contribution in [-0.2, 0) is 4.74 Å². The van der Waals surface area contributed by atoms with Gasteiger partial charge in [-0.25, -0.2) is 0 Å². The van der Waals surface area contributed by atoms with Gasteiger partial charge in [-0.05, 0) is 12.8 Å². The van der Waals surface area contributed by atoms with Crippen LogP contribution in [0.3, 0.4) is 0 Å². The number of aromatic nitrogens is 2. The maximum Gasteiger partial charge on any atom is 0.118 e. The molecule has 1 aromatic heterocycles. The smallest absolute Gasteiger partial charge is 0.118 e. The summed E-state index contributed by atoms with van der Waals surface area (Å²) in [5, 5.41) is 6.13. The lowest BCUT2D eigenvalue weighted by Gasteiger charge is -1.76. The molecule has 4 heteroatoms. The minimum absolute atomic E-state index is 0.676. The van der Waals surface area contributed by atoms with E-state index in [1.54, 1.807) is 12.4 Å². The summed E-state index contributed by atoms with van der Waals surface area (Å²) < 4.78 is 4.94. The minimum atomic E-state index is 0.676. The lowest BCUT2D eigenvalue weighted by atomic mass is 10.0. The number of nitrogens with one attached hydrogen (secondary N) is 1. The monoisotopic (exact) mass is 150 g/mol. The molecule has 0 atom stereocenters. The Morgan fingerprint density at radius 3 is 2.36 bits per heavy atom. The molecule has 1 N–H and O–H groups in total. The van der Waals surface area contributed by atoms with Crippen LogP contribution in [0.4, 0.5) is 0 Å². The topological polar surface area (TPSA) is 37.9 Å². The van der Waals surface area contributed by atoms with Gasteiger partial charge in [-0.2, -0.15) is 5.10 Å². The number of hydrogen-bond donors (Lipinski definition) is 1. The molecule has 3 nitrogen and oxygen atoms in total. The molecule has 2 radical (unpaired) electrons. The predicted octanol–water partition coefficient (Wildman–Crippen LogP) is 0.000300. The molecule has 0 unspecified atom stereocenters. The maximum absolute atomic E-state index is 5.18. The molecule has 1 aliphatic rings. The lowest BCUT2D eigenvalue weighted by Crippen LogP contribution is -1.93. The highest BCUT2D eigenvalue weighted by Crippen LogP contribution is 1.98. The third-order valence-electron chi connectivity index (χ3n) is 1.35. The molecule has 1 fully saturated rings. The van der Waals surface area contributed by atoms with Gasteiger partial charge in [0.1, 0.15) is 7.85 Å². The standard InChI is InChI=1S/C4H8O.C3H3BN2/c1-2-4-5-3-1;4-3-1-5-6-2-3/h1-4H2;1-2H,(H,5,6). The highest BCUT2D eigenvalue weighted by Gasteiger charge is 1.94. The first-order valence-electron chi connectivity index (χ1n) is 3.71. The third kappa shape index (κ3) is 3.83. The van der Waals surface area contributed by atoms with Crippen LogP contribution < -0.4 is 5.46 Å². The zero-order chi connectivity index (χ0) is 7.94. The maximum atomic E-state index is 5.18. The second kappa shape index (κ2) is 4.96. The molecule has 2 rings (SSSR count). The van der Waals surface area contributed by atoms with E-state index in [-0.39, 0.29) is 0 Å². The molecule has 0 amide bonds. The van der Waals surface area contributed by atoms with Gasteiger partial charge in [-0.15, -0.1) is 0 Å². The molecule has 58 valence electrons. The molecule has 0 aliphatic carbocycles. The molecule has 0 bridgehead atoms. The molecule has 0 spiro atoms. The van der Waals surface area contributed by atoms with E-state index in [0.717, 1.165) is 13.2 Å². The number of H-pyrrole nitrogens is 1. The number of ether oxygens (including phenoxy) is 1. The summed E-state index contributed by atoms with van der Waals surface area (Å²) in [5.74, 6) is 0. The summed E-state index contributed by atoms with van der Waals surface area (Å²) in [6.45, 7) is 2.00. The number of rotatable bonds is 0. The summed E-state index contributed by atoms with van der Waals surface area (Å²) >= 11 is 0. The van der Waals surface area contributed by atoms with Crippen LogP contribution in [0.5, 0.6) is 0 Å². The van der Waals surface area contributed by atoms with Gasteiger partial charge in [0.05, 0.1) is 0 Å². The van der Waals surface area contributed by atoms with Crippen molar-refractivity contribution in [3.63, 3.8) is 0 Å². The minimum Gasteiger partial charge on any atom is -0.381 e. The van der Waals surface area contributed by atoms with Crippen molar-refractivity contribution in [2.45, 2.75) is 12.8 Å². The van der Waals surface area contributed by atoms with Gasteiger partial charge >= 0.3 is 0 Å². The first-order valence-corrected chi connectivity index (χ1v) is 3.71. The van der Waals surface area contributed by atoms with Crippen LogP contribution in [0.1, 0.15) is 12.8 Å². The van der Waals surface area contributed by atoms with Crippen molar-refractivity contribution in [1.29, 1.82) is 0 Å². The van der Waals surface area contributed by atoms with Crippen LogP contribution in [0.15, 0.2) is 12.4 Å². The third-order valence-corrected chi connectivity index (χ3v) is 1.35. The van der Waals surface area contributed by atoms with Gasteiger partial charge in [0.25, 0.3) is 0 Å². The highest BCUT2D eigenvalue weighted by molar-refractivity contribution is 6.31. The Morgan fingerprint density at radius 2 is 2.18 bits per heavy atom. The normalized spacial score (nSPS) is 15.6.